The van der Waals surface area contributed by atoms with Gasteiger partial charge in [0.05, 0.1) is 28.3 Å². The maximum atomic E-state index is 11.5. The molecule has 0 rings (SSSR count). The second-order valence-electron chi connectivity index (χ2n) is 8.30. The van der Waals surface area contributed by atoms with E-state index in [1.54, 1.807) is 13.8 Å². The van der Waals surface area contributed by atoms with Crippen molar-refractivity contribution in [2.24, 2.45) is 11.8 Å². The van der Waals surface area contributed by atoms with Crippen molar-refractivity contribution in [1.82, 2.24) is 16.0 Å². The maximum absolute atomic E-state index is 11.5. The Hall–Kier alpha value is -0.990. The molecule has 3 N–H and O–H groups in total. The second-order valence-corrected chi connectivity index (χ2v) is 11.8. The topological polar surface area (TPSA) is 179 Å². The quantitative estimate of drug-likeness (QED) is 0.153. The summed E-state index contributed by atoms with van der Waals surface area (Å²) >= 11 is 0. The smallest absolute Gasteiger partial charge is 0.748 e. The Labute approximate surface area is 255 Å². The summed E-state index contributed by atoms with van der Waals surface area (Å²) in [6.07, 6.45) is 1.25. The van der Waals surface area contributed by atoms with Crippen molar-refractivity contribution in [3.63, 3.8) is 0 Å². The minimum Gasteiger partial charge on any atom is -0.748 e. The fourth-order valence-electron chi connectivity index (χ4n) is 2.12. The molecule has 0 heterocycles. The third kappa shape index (κ3) is 29.6. The number of carbonyl (C=O) groups excluding carboxylic acids is 3. The Morgan fingerprint density at radius 3 is 1.68 bits per heavy atom. The number of hydrogen-bond acceptors (Lipinski definition) is 8. The van der Waals surface area contributed by atoms with Crippen molar-refractivity contribution in [2.75, 3.05) is 18.2 Å². The minimum atomic E-state index is -4.32. The number of rotatable bonds is 13. The SMILES string of the molecule is C.C.C.C.C=CS(=O)(=O)CCC(=O)NCNC(=O)C(C)CC.CCC(C)C(=O)NC(C)(C)CS(=O)(=O)[O-].[Na+]. The number of amides is 3. The van der Waals surface area contributed by atoms with Crippen molar-refractivity contribution in [1.29, 1.82) is 0 Å². The fraction of sp³-hybridized carbons (Fsp3) is 0.792. The molecule has 226 valence electrons. The minimum absolute atomic E-state index is 0. The van der Waals surface area contributed by atoms with Gasteiger partial charge in [0.15, 0.2) is 9.84 Å². The molecule has 0 aromatic carbocycles. The molecular formula is C24H54N3NaO8S2. The molecule has 0 spiro atoms. The van der Waals surface area contributed by atoms with Crippen LogP contribution in [0.4, 0.5) is 0 Å². The summed E-state index contributed by atoms with van der Waals surface area (Å²) in [5.74, 6) is -1.96. The Morgan fingerprint density at radius 2 is 1.32 bits per heavy atom. The molecule has 11 nitrogen and oxygen atoms in total. The normalized spacial score (nSPS) is 11.8. The Bertz CT molecular complexity index is 877. The molecule has 0 aliphatic rings. The van der Waals surface area contributed by atoms with Gasteiger partial charge in [-0.3, -0.25) is 14.4 Å². The van der Waals surface area contributed by atoms with E-state index in [9.17, 15) is 35.8 Å². The van der Waals surface area contributed by atoms with E-state index < -0.39 is 37.2 Å². The summed E-state index contributed by atoms with van der Waals surface area (Å²) in [6, 6.07) is 0. The van der Waals surface area contributed by atoms with Crippen LogP contribution >= 0.6 is 0 Å². The summed E-state index contributed by atoms with van der Waals surface area (Å²) in [5, 5.41) is 8.32. The molecule has 0 radical (unpaired) electrons. The van der Waals surface area contributed by atoms with Crippen molar-refractivity contribution >= 4 is 37.7 Å². The number of carbonyl (C=O) groups is 3. The van der Waals surface area contributed by atoms with Crippen LogP contribution in [0.3, 0.4) is 0 Å². The molecule has 0 saturated carbocycles. The van der Waals surface area contributed by atoms with Crippen LogP contribution in [0, 0.1) is 11.8 Å². The zero-order valence-electron chi connectivity index (χ0n) is 21.3. The zero-order valence-corrected chi connectivity index (χ0v) is 24.9. The van der Waals surface area contributed by atoms with Gasteiger partial charge in [-0.05, 0) is 26.7 Å². The molecule has 2 atom stereocenters. The van der Waals surface area contributed by atoms with Crippen LogP contribution in [0.2, 0.25) is 0 Å². The van der Waals surface area contributed by atoms with Crippen LogP contribution in [0.5, 0.6) is 0 Å². The molecule has 38 heavy (non-hydrogen) atoms. The second kappa shape index (κ2) is 25.0. The van der Waals surface area contributed by atoms with Gasteiger partial charge < -0.3 is 20.5 Å². The van der Waals surface area contributed by atoms with Crippen molar-refractivity contribution < 1.29 is 65.3 Å². The standard InChI is InChI=1S/C11H20N2O4S.C9H19NO4S.4CH4.Na/c1-4-9(3)11(15)13-8-12-10(14)6-7-18(16,17)5-2;1-5-7(2)8(11)10-9(3,4)6-15(12,13)14;;;;;/h5,9H,2,4,6-8H2,1,3H3,(H,12,14)(H,13,15);7H,5-6H2,1-4H3,(H,10,11)(H,12,13,14);4*1H4;/q;;;;;;+1/p-1. The summed E-state index contributed by atoms with van der Waals surface area (Å²) < 4.78 is 53.8. The molecule has 0 saturated heterocycles. The van der Waals surface area contributed by atoms with Gasteiger partial charge in [-0.15, -0.1) is 0 Å². The predicted molar refractivity (Wildman–Crippen MR) is 152 cm³/mol. The van der Waals surface area contributed by atoms with Gasteiger partial charge in [-0.1, -0.05) is 64.0 Å². The van der Waals surface area contributed by atoms with Gasteiger partial charge in [0.25, 0.3) is 0 Å². The molecule has 2 unspecified atom stereocenters. The Kier molecular flexibility index (Phi) is 35.1. The van der Waals surface area contributed by atoms with Gasteiger partial charge in [0, 0.05) is 29.2 Å². The van der Waals surface area contributed by atoms with Crippen LogP contribution < -0.4 is 45.5 Å². The van der Waals surface area contributed by atoms with Crippen LogP contribution in [-0.4, -0.2) is 62.8 Å². The molecule has 3 amide bonds. The average molecular weight is 600 g/mol. The van der Waals surface area contributed by atoms with E-state index in [1.165, 1.54) is 13.8 Å². The average Bonchev–Trinajstić information content (AvgIpc) is 2.69. The van der Waals surface area contributed by atoms with Crippen LogP contribution in [0.25, 0.3) is 0 Å². The first-order chi connectivity index (χ1) is 14.9. The van der Waals surface area contributed by atoms with E-state index in [-0.39, 0.29) is 102 Å². The van der Waals surface area contributed by atoms with Gasteiger partial charge in [-0.2, -0.15) is 0 Å². The van der Waals surface area contributed by atoms with E-state index in [0.717, 1.165) is 11.8 Å². The molecule has 0 aliphatic carbocycles. The third-order valence-corrected chi connectivity index (χ3v) is 6.89. The molecule has 0 aromatic rings. The first-order valence-electron chi connectivity index (χ1n) is 10.5. The van der Waals surface area contributed by atoms with Gasteiger partial charge >= 0.3 is 29.6 Å². The predicted octanol–water partition coefficient (Wildman–Crippen LogP) is 0.192. The number of nitrogens with one attached hydrogen (secondary N) is 3. The summed E-state index contributed by atoms with van der Waals surface area (Å²) in [7, 11) is -7.68. The van der Waals surface area contributed by atoms with Crippen molar-refractivity contribution in [3.8, 4) is 0 Å². The zero-order chi connectivity index (χ0) is 26.5. The van der Waals surface area contributed by atoms with Gasteiger partial charge in [0.2, 0.25) is 17.7 Å². The Morgan fingerprint density at radius 1 is 0.895 bits per heavy atom. The third-order valence-electron chi connectivity index (χ3n) is 4.53. The van der Waals surface area contributed by atoms with Gasteiger partial charge in [0.1, 0.15) is 0 Å². The number of sulfone groups is 1. The van der Waals surface area contributed by atoms with Crippen molar-refractivity contribution in [3.05, 3.63) is 12.0 Å². The van der Waals surface area contributed by atoms with Crippen LogP contribution in [0.1, 0.15) is 90.5 Å². The van der Waals surface area contributed by atoms with E-state index in [2.05, 4.69) is 22.5 Å². The molecule has 0 fully saturated rings. The largest absolute Gasteiger partial charge is 1.00 e. The fourth-order valence-corrected chi connectivity index (χ4v) is 3.71. The van der Waals surface area contributed by atoms with E-state index >= 15 is 0 Å². The summed E-state index contributed by atoms with van der Waals surface area (Å²) in [5.41, 5.74) is -1.01. The summed E-state index contributed by atoms with van der Waals surface area (Å²) in [4.78, 5) is 34.1. The Balaban J connectivity index is -0.0000000904. The van der Waals surface area contributed by atoms with E-state index in [4.69, 9.17) is 0 Å². The van der Waals surface area contributed by atoms with E-state index in [1.807, 2.05) is 13.8 Å². The van der Waals surface area contributed by atoms with Crippen LogP contribution in [0.15, 0.2) is 12.0 Å². The molecule has 0 aliphatic heterocycles. The van der Waals surface area contributed by atoms with Gasteiger partial charge in [-0.25, -0.2) is 16.8 Å². The number of hydrogen-bond donors (Lipinski definition) is 3. The first-order valence-corrected chi connectivity index (χ1v) is 13.8. The molecule has 14 heteroatoms. The molecular weight excluding hydrogens is 545 g/mol. The molecule has 0 bridgehead atoms. The monoisotopic (exact) mass is 599 g/mol. The maximum Gasteiger partial charge on any atom is 1.00 e. The van der Waals surface area contributed by atoms with Crippen molar-refractivity contribution in [2.45, 2.75) is 96.1 Å². The first kappa shape index (κ1) is 53.3. The van der Waals surface area contributed by atoms with Crippen LogP contribution in [-0.2, 0) is 34.3 Å². The van der Waals surface area contributed by atoms with E-state index in [0.29, 0.717) is 6.42 Å². The summed E-state index contributed by atoms with van der Waals surface area (Å²) in [6.45, 7) is 13.5. The molecule has 0 aromatic heterocycles.